The summed E-state index contributed by atoms with van der Waals surface area (Å²) in [4.78, 5) is 17.1. The van der Waals surface area contributed by atoms with Crippen LogP contribution in [0, 0.1) is 0 Å². The van der Waals surface area contributed by atoms with Gasteiger partial charge in [0.05, 0.1) is 18.2 Å². The van der Waals surface area contributed by atoms with E-state index in [0.717, 1.165) is 0 Å². The summed E-state index contributed by atoms with van der Waals surface area (Å²) in [6.45, 7) is 1.75. The highest BCUT2D eigenvalue weighted by Crippen LogP contribution is 2.28. The maximum absolute atomic E-state index is 12.6. The fraction of sp³-hybridized carbons (Fsp3) is 0.235. The Morgan fingerprint density at radius 2 is 1.78 bits per heavy atom. The highest BCUT2D eigenvalue weighted by Gasteiger charge is 2.25. The molecule has 0 aliphatic heterocycles. The van der Waals surface area contributed by atoms with Gasteiger partial charge in [-0.1, -0.05) is 45.3 Å². The molecule has 1 unspecified atom stereocenters. The van der Waals surface area contributed by atoms with Gasteiger partial charge < -0.3 is 5.32 Å². The molecule has 2 rings (SSSR count). The van der Waals surface area contributed by atoms with Crippen LogP contribution in [0.3, 0.4) is 0 Å². The number of sulfonamides is 1. The van der Waals surface area contributed by atoms with Crippen molar-refractivity contribution in [1.82, 2.24) is 9.79 Å². The van der Waals surface area contributed by atoms with Crippen molar-refractivity contribution < 1.29 is 18.0 Å². The van der Waals surface area contributed by atoms with Gasteiger partial charge in [-0.25, -0.2) is 8.42 Å². The Labute approximate surface area is 173 Å². The number of nitrogens with one attached hydrogen (secondary N) is 1. The normalized spacial score (nSPS) is 12.9. The van der Waals surface area contributed by atoms with E-state index in [1.54, 1.807) is 25.1 Å². The Morgan fingerprint density at radius 3 is 2.37 bits per heavy atom. The lowest BCUT2D eigenvalue weighted by Crippen LogP contribution is -2.28. The minimum atomic E-state index is -4.00. The summed E-state index contributed by atoms with van der Waals surface area (Å²) >= 11 is 18.0. The van der Waals surface area contributed by atoms with Crippen molar-refractivity contribution in [2.24, 2.45) is 0 Å². The van der Waals surface area contributed by atoms with Crippen LogP contribution in [0.15, 0.2) is 41.3 Å². The van der Waals surface area contributed by atoms with Crippen molar-refractivity contribution in [3.63, 3.8) is 0 Å². The first-order valence-corrected chi connectivity index (χ1v) is 10.2. The first-order valence-electron chi connectivity index (χ1n) is 7.66. The number of hydroxylamine groups is 1. The summed E-state index contributed by atoms with van der Waals surface area (Å²) in [7, 11) is -1.57. The molecule has 1 N–H and O–H groups in total. The molecule has 10 heteroatoms. The predicted molar refractivity (Wildman–Crippen MR) is 106 cm³/mol. The van der Waals surface area contributed by atoms with Crippen molar-refractivity contribution in [1.29, 1.82) is 0 Å². The fourth-order valence-corrected chi connectivity index (χ4v) is 4.34. The lowest BCUT2D eigenvalue weighted by molar-refractivity contribution is -0.0258. The van der Waals surface area contributed by atoms with Crippen molar-refractivity contribution in [3.05, 3.63) is 62.6 Å². The molecular weight excluding hydrogens is 435 g/mol. The first-order chi connectivity index (χ1) is 12.6. The van der Waals surface area contributed by atoms with Crippen LogP contribution in [0.5, 0.6) is 0 Å². The number of rotatable bonds is 6. The minimum Gasteiger partial charge on any atom is -0.345 e. The highest BCUT2D eigenvalue weighted by atomic mass is 35.5. The van der Waals surface area contributed by atoms with Gasteiger partial charge in [0.25, 0.3) is 15.9 Å². The summed E-state index contributed by atoms with van der Waals surface area (Å²) in [6, 6.07) is 8.49. The van der Waals surface area contributed by atoms with Gasteiger partial charge in [0.15, 0.2) is 0 Å². The maximum atomic E-state index is 12.6. The molecule has 0 radical (unpaired) electrons. The largest absolute Gasteiger partial charge is 0.345 e. The van der Waals surface area contributed by atoms with E-state index in [-0.39, 0.29) is 15.5 Å². The molecule has 0 aromatic heterocycles. The molecule has 0 bridgehead atoms. The second kappa shape index (κ2) is 8.77. The Balaban J connectivity index is 2.30. The number of benzene rings is 2. The fourth-order valence-electron chi connectivity index (χ4n) is 2.29. The summed E-state index contributed by atoms with van der Waals surface area (Å²) in [5.74, 6) is -0.485. The number of hydrogen-bond donors (Lipinski definition) is 1. The smallest absolute Gasteiger partial charge is 0.266 e. The van der Waals surface area contributed by atoms with Crippen LogP contribution < -0.4 is 5.32 Å². The Kier molecular flexibility index (Phi) is 7.13. The van der Waals surface area contributed by atoms with Crippen LogP contribution >= 0.6 is 34.8 Å². The van der Waals surface area contributed by atoms with Crippen LogP contribution in [0.25, 0.3) is 0 Å². The lowest BCUT2D eigenvalue weighted by atomic mass is 10.1. The third kappa shape index (κ3) is 4.93. The monoisotopic (exact) mass is 450 g/mol. The number of hydrogen-bond acceptors (Lipinski definition) is 4. The van der Waals surface area contributed by atoms with Gasteiger partial charge in [0, 0.05) is 22.7 Å². The van der Waals surface area contributed by atoms with Crippen LogP contribution in [0.4, 0.5) is 0 Å². The van der Waals surface area contributed by atoms with Gasteiger partial charge in [-0.3, -0.25) is 9.63 Å². The van der Waals surface area contributed by atoms with E-state index in [1.165, 1.54) is 32.4 Å². The van der Waals surface area contributed by atoms with E-state index in [0.29, 0.717) is 20.1 Å². The second-order valence-corrected chi connectivity index (χ2v) is 8.76. The SMILES string of the molecule is CON(C)S(=O)(=O)c1cc(C(=O)NC(C)c2ccc(Cl)cc2Cl)ccc1Cl. The van der Waals surface area contributed by atoms with Crippen LogP contribution in [0.2, 0.25) is 15.1 Å². The quantitative estimate of drug-likeness (QED) is 0.664. The van der Waals surface area contributed by atoms with E-state index in [9.17, 15) is 13.2 Å². The molecule has 146 valence electrons. The zero-order valence-corrected chi connectivity index (χ0v) is 17.7. The molecule has 0 fully saturated rings. The molecule has 0 aliphatic rings. The van der Waals surface area contributed by atoms with E-state index in [1.807, 2.05) is 0 Å². The van der Waals surface area contributed by atoms with Crippen molar-refractivity contribution >= 4 is 50.7 Å². The number of nitrogens with zero attached hydrogens (tertiary/aromatic N) is 1. The number of carbonyl (C=O) groups excluding carboxylic acids is 1. The lowest BCUT2D eigenvalue weighted by Gasteiger charge is -2.18. The maximum Gasteiger partial charge on any atom is 0.266 e. The van der Waals surface area contributed by atoms with Crippen molar-refractivity contribution in [2.45, 2.75) is 17.9 Å². The van der Waals surface area contributed by atoms with Gasteiger partial charge >= 0.3 is 0 Å². The number of halogens is 3. The summed E-state index contributed by atoms with van der Waals surface area (Å²) < 4.78 is 25.5. The molecule has 0 saturated carbocycles. The standard InChI is InChI=1S/C17H17Cl3N2O4S/c1-10(13-6-5-12(18)9-15(13)20)21-17(23)11-4-7-14(19)16(8-11)27(24,25)22(2)26-3/h4-10H,1-3H3,(H,21,23). The van der Waals surface area contributed by atoms with Gasteiger partial charge in [-0.05, 0) is 42.8 Å². The molecule has 0 heterocycles. The average molecular weight is 452 g/mol. The first kappa shape index (κ1) is 21.9. The second-order valence-electron chi connectivity index (χ2n) is 5.60. The predicted octanol–water partition coefficient (Wildman–Crippen LogP) is 4.32. The highest BCUT2D eigenvalue weighted by molar-refractivity contribution is 7.89. The molecular formula is C17H17Cl3N2O4S. The molecule has 6 nitrogen and oxygen atoms in total. The molecule has 1 amide bonds. The molecule has 2 aromatic rings. The number of carbonyl (C=O) groups is 1. The number of amides is 1. The van der Waals surface area contributed by atoms with E-state index < -0.39 is 22.0 Å². The topological polar surface area (TPSA) is 75.7 Å². The van der Waals surface area contributed by atoms with Crippen molar-refractivity contribution in [3.8, 4) is 0 Å². The van der Waals surface area contributed by atoms with E-state index in [4.69, 9.17) is 39.6 Å². The molecule has 27 heavy (non-hydrogen) atoms. The zero-order valence-electron chi connectivity index (χ0n) is 14.7. The third-order valence-corrected chi connectivity index (χ3v) is 6.57. The average Bonchev–Trinajstić information content (AvgIpc) is 2.60. The third-order valence-electron chi connectivity index (χ3n) is 3.84. The van der Waals surface area contributed by atoms with Crippen LogP contribution in [-0.4, -0.2) is 33.0 Å². The van der Waals surface area contributed by atoms with Gasteiger partial charge in [0.1, 0.15) is 4.90 Å². The zero-order chi connectivity index (χ0) is 20.4. The van der Waals surface area contributed by atoms with E-state index in [2.05, 4.69) is 5.32 Å². The Bertz CT molecular complexity index is 967. The molecule has 2 aromatic carbocycles. The van der Waals surface area contributed by atoms with E-state index >= 15 is 0 Å². The van der Waals surface area contributed by atoms with Gasteiger partial charge in [0.2, 0.25) is 0 Å². The molecule has 0 saturated heterocycles. The Morgan fingerprint density at radius 1 is 1.11 bits per heavy atom. The summed E-state index contributed by atoms with van der Waals surface area (Å²) in [6.07, 6.45) is 0. The van der Waals surface area contributed by atoms with Crippen molar-refractivity contribution in [2.75, 3.05) is 14.2 Å². The Hall–Kier alpha value is -1.35. The molecule has 0 spiro atoms. The van der Waals surface area contributed by atoms with Crippen LogP contribution in [0.1, 0.15) is 28.9 Å². The van der Waals surface area contributed by atoms with Gasteiger partial charge in [-0.2, -0.15) is 0 Å². The minimum absolute atomic E-state index is 0.0238. The molecule has 1 atom stereocenters. The summed E-state index contributed by atoms with van der Waals surface area (Å²) in [5.41, 5.74) is 0.801. The molecule has 0 aliphatic carbocycles. The summed E-state index contributed by atoms with van der Waals surface area (Å²) in [5, 5.41) is 3.64. The van der Waals surface area contributed by atoms with Crippen LogP contribution in [-0.2, 0) is 14.9 Å². The van der Waals surface area contributed by atoms with Gasteiger partial charge in [-0.15, -0.1) is 0 Å².